The number of aliphatic hydroxyl groups is 1. The van der Waals surface area contributed by atoms with E-state index in [1.807, 2.05) is 25.1 Å². The summed E-state index contributed by atoms with van der Waals surface area (Å²) in [5.74, 6) is 0.0526. The van der Waals surface area contributed by atoms with Gasteiger partial charge in [0.2, 0.25) is 0 Å². The van der Waals surface area contributed by atoms with Crippen molar-refractivity contribution in [1.29, 1.82) is 0 Å². The first-order valence-electron chi connectivity index (χ1n) is 4.93. The Hall–Kier alpha value is -0.0900. The van der Waals surface area contributed by atoms with Gasteiger partial charge in [-0.25, -0.2) is 0 Å². The van der Waals surface area contributed by atoms with E-state index in [2.05, 4.69) is 15.9 Å². The van der Waals surface area contributed by atoms with Crippen LogP contribution >= 0.6 is 27.5 Å². The van der Waals surface area contributed by atoms with Crippen LogP contribution in [0.15, 0.2) is 22.7 Å². The lowest BCUT2D eigenvalue weighted by molar-refractivity contribution is 0.110. The average molecular weight is 293 g/mol. The quantitative estimate of drug-likeness (QED) is 0.895. The number of halogens is 2. The second-order valence-corrected chi connectivity index (χ2v) is 4.72. The SMILES string of the molecule is CCC(CN)C(O)c1cccc(Br)c1Cl. The Balaban J connectivity index is 2.99. The van der Waals surface area contributed by atoms with Gasteiger partial charge in [0.1, 0.15) is 0 Å². The highest BCUT2D eigenvalue weighted by Crippen LogP contribution is 2.33. The zero-order valence-electron chi connectivity index (χ0n) is 8.58. The van der Waals surface area contributed by atoms with Crippen molar-refractivity contribution in [3.63, 3.8) is 0 Å². The maximum absolute atomic E-state index is 10.1. The van der Waals surface area contributed by atoms with Crippen LogP contribution in [0.4, 0.5) is 0 Å². The lowest BCUT2D eigenvalue weighted by Crippen LogP contribution is -2.21. The van der Waals surface area contributed by atoms with Crippen LogP contribution in [0.2, 0.25) is 5.02 Å². The van der Waals surface area contributed by atoms with Gasteiger partial charge in [-0.15, -0.1) is 0 Å². The first-order chi connectivity index (χ1) is 7.11. The largest absolute Gasteiger partial charge is 0.388 e. The third-order valence-electron chi connectivity index (χ3n) is 2.57. The number of benzene rings is 1. The molecule has 0 saturated carbocycles. The van der Waals surface area contributed by atoms with Crippen molar-refractivity contribution in [3.8, 4) is 0 Å². The van der Waals surface area contributed by atoms with Crippen LogP contribution in [0, 0.1) is 5.92 Å². The Labute approximate surface area is 104 Å². The molecule has 1 aromatic carbocycles. The molecule has 0 amide bonds. The van der Waals surface area contributed by atoms with Gasteiger partial charge in [0.05, 0.1) is 11.1 Å². The predicted octanol–water partition coefficient (Wildman–Crippen LogP) is 3.12. The van der Waals surface area contributed by atoms with Gasteiger partial charge in [-0.1, -0.05) is 30.7 Å². The zero-order valence-corrected chi connectivity index (χ0v) is 10.9. The van der Waals surface area contributed by atoms with Crippen LogP contribution in [-0.4, -0.2) is 11.7 Å². The van der Waals surface area contributed by atoms with E-state index in [1.165, 1.54) is 0 Å². The van der Waals surface area contributed by atoms with E-state index in [0.29, 0.717) is 11.6 Å². The van der Waals surface area contributed by atoms with Crippen LogP contribution in [0.3, 0.4) is 0 Å². The van der Waals surface area contributed by atoms with Crippen molar-refractivity contribution in [1.82, 2.24) is 0 Å². The standard InChI is InChI=1S/C11H15BrClNO/c1-2-7(6-14)11(15)8-4-3-5-9(12)10(8)13/h3-5,7,11,15H,2,6,14H2,1H3. The number of aliphatic hydroxyl groups excluding tert-OH is 1. The number of hydrogen-bond donors (Lipinski definition) is 2. The minimum atomic E-state index is -0.593. The van der Waals surface area contributed by atoms with Gasteiger partial charge in [0, 0.05) is 16.0 Å². The third-order valence-corrected chi connectivity index (χ3v) is 3.88. The molecule has 0 saturated heterocycles. The normalized spacial score (nSPS) is 15.0. The summed E-state index contributed by atoms with van der Waals surface area (Å²) < 4.78 is 0.799. The number of nitrogens with two attached hydrogens (primary N) is 1. The van der Waals surface area contributed by atoms with Crippen LogP contribution in [0.5, 0.6) is 0 Å². The molecule has 0 bridgehead atoms. The summed E-state index contributed by atoms with van der Waals surface area (Å²) in [5, 5.41) is 10.7. The fourth-order valence-electron chi connectivity index (χ4n) is 1.52. The molecule has 0 aromatic heterocycles. The fraction of sp³-hybridized carbons (Fsp3) is 0.455. The second-order valence-electron chi connectivity index (χ2n) is 3.49. The number of rotatable bonds is 4. The van der Waals surface area contributed by atoms with E-state index >= 15 is 0 Å². The van der Waals surface area contributed by atoms with Crippen LogP contribution in [-0.2, 0) is 0 Å². The molecule has 0 aliphatic rings. The monoisotopic (exact) mass is 291 g/mol. The van der Waals surface area contributed by atoms with Crippen molar-refractivity contribution >= 4 is 27.5 Å². The molecule has 4 heteroatoms. The van der Waals surface area contributed by atoms with Crippen LogP contribution in [0.1, 0.15) is 25.0 Å². The van der Waals surface area contributed by atoms with E-state index in [-0.39, 0.29) is 5.92 Å². The third kappa shape index (κ3) is 2.94. The van der Waals surface area contributed by atoms with Crippen molar-refractivity contribution < 1.29 is 5.11 Å². The number of hydrogen-bond acceptors (Lipinski definition) is 2. The van der Waals surface area contributed by atoms with Crippen molar-refractivity contribution in [3.05, 3.63) is 33.3 Å². The van der Waals surface area contributed by atoms with Gasteiger partial charge in [-0.05, 0) is 35.0 Å². The van der Waals surface area contributed by atoms with E-state index in [1.54, 1.807) is 0 Å². The van der Waals surface area contributed by atoms with Gasteiger partial charge >= 0.3 is 0 Å². The van der Waals surface area contributed by atoms with Crippen LogP contribution < -0.4 is 5.73 Å². The summed E-state index contributed by atoms with van der Waals surface area (Å²) in [7, 11) is 0. The van der Waals surface area contributed by atoms with Gasteiger partial charge in [0.25, 0.3) is 0 Å². The summed E-state index contributed by atoms with van der Waals surface area (Å²) in [6.45, 7) is 2.47. The fourth-order valence-corrected chi connectivity index (χ4v) is 2.14. The molecule has 1 rings (SSSR count). The minimum Gasteiger partial charge on any atom is -0.388 e. The Morgan fingerprint density at radius 2 is 2.20 bits per heavy atom. The molecule has 0 fully saturated rings. The average Bonchev–Trinajstić information content (AvgIpc) is 2.23. The van der Waals surface area contributed by atoms with E-state index in [4.69, 9.17) is 17.3 Å². The Morgan fingerprint density at radius 1 is 1.53 bits per heavy atom. The van der Waals surface area contributed by atoms with Crippen molar-refractivity contribution in [2.75, 3.05) is 6.54 Å². The molecule has 0 radical (unpaired) electrons. The predicted molar refractivity (Wildman–Crippen MR) is 66.9 cm³/mol. The molecule has 2 nitrogen and oxygen atoms in total. The molecular weight excluding hydrogens is 277 g/mol. The topological polar surface area (TPSA) is 46.2 Å². The summed E-state index contributed by atoms with van der Waals surface area (Å²) in [6, 6.07) is 5.54. The van der Waals surface area contributed by atoms with Gasteiger partial charge in [0.15, 0.2) is 0 Å². The Morgan fingerprint density at radius 3 is 2.73 bits per heavy atom. The maximum atomic E-state index is 10.1. The lowest BCUT2D eigenvalue weighted by Gasteiger charge is -2.21. The van der Waals surface area contributed by atoms with Crippen molar-refractivity contribution in [2.24, 2.45) is 11.7 Å². The highest BCUT2D eigenvalue weighted by Gasteiger charge is 2.20. The van der Waals surface area contributed by atoms with Gasteiger partial charge in [-0.2, -0.15) is 0 Å². The summed E-state index contributed by atoms with van der Waals surface area (Å²) in [5.41, 5.74) is 6.33. The first-order valence-corrected chi connectivity index (χ1v) is 6.11. The first kappa shape index (κ1) is 13.0. The summed E-state index contributed by atoms with van der Waals surface area (Å²) >= 11 is 9.43. The van der Waals surface area contributed by atoms with E-state index in [9.17, 15) is 5.11 Å². The highest BCUT2D eigenvalue weighted by atomic mass is 79.9. The van der Waals surface area contributed by atoms with Gasteiger partial charge in [-0.3, -0.25) is 0 Å². The Bertz CT molecular complexity index is 328. The van der Waals surface area contributed by atoms with Crippen molar-refractivity contribution in [2.45, 2.75) is 19.4 Å². The van der Waals surface area contributed by atoms with E-state index in [0.717, 1.165) is 16.5 Å². The van der Waals surface area contributed by atoms with E-state index < -0.39 is 6.10 Å². The summed E-state index contributed by atoms with van der Waals surface area (Å²) in [6.07, 6.45) is 0.241. The molecule has 2 atom stereocenters. The lowest BCUT2D eigenvalue weighted by atomic mass is 9.93. The zero-order chi connectivity index (χ0) is 11.4. The smallest absolute Gasteiger partial charge is 0.0844 e. The molecule has 0 heterocycles. The molecule has 0 aliphatic carbocycles. The molecule has 15 heavy (non-hydrogen) atoms. The minimum absolute atomic E-state index is 0.0526. The molecule has 3 N–H and O–H groups in total. The van der Waals surface area contributed by atoms with Gasteiger partial charge < -0.3 is 10.8 Å². The molecule has 2 unspecified atom stereocenters. The summed E-state index contributed by atoms with van der Waals surface area (Å²) in [4.78, 5) is 0. The molecule has 84 valence electrons. The molecule has 0 spiro atoms. The van der Waals surface area contributed by atoms with Crippen LogP contribution in [0.25, 0.3) is 0 Å². The maximum Gasteiger partial charge on any atom is 0.0844 e. The second kappa shape index (κ2) is 5.85. The highest BCUT2D eigenvalue weighted by molar-refractivity contribution is 9.10. The molecule has 1 aromatic rings. The Kier molecular flexibility index (Phi) is 5.06. The molecule has 0 aliphatic heterocycles. The molecular formula is C11H15BrClNO.